The number of hydrogen-bond donors (Lipinski definition) is 0. The number of aryl methyl sites for hydroxylation is 1. The summed E-state index contributed by atoms with van der Waals surface area (Å²) in [6.07, 6.45) is 3.97. The summed E-state index contributed by atoms with van der Waals surface area (Å²) in [4.78, 5) is 9.25. The molecule has 0 aliphatic carbocycles. The van der Waals surface area contributed by atoms with Crippen LogP contribution >= 0.6 is 0 Å². The first kappa shape index (κ1) is 16.5. The molecule has 0 saturated carbocycles. The summed E-state index contributed by atoms with van der Waals surface area (Å²) < 4.78 is 6.14. The Morgan fingerprint density at radius 3 is 2.55 bits per heavy atom. The summed E-state index contributed by atoms with van der Waals surface area (Å²) in [5.74, 6) is 0.880. The molecule has 0 unspecified atom stereocenters. The molecule has 0 aromatic carbocycles. The highest BCUT2D eigenvalue weighted by Crippen LogP contribution is 2.38. The Kier molecular flexibility index (Phi) is 5.17. The van der Waals surface area contributed by atoms with E-state index < -0.39 is 0 Å². The molecule has 118 valence electrons. The Bertz CT molecular complexity index is 615. The second-order valence-corrected chi connectivity index (χ2v) is 6.66. The first-order chi connectivity index (χ1) is 10.4. The number of hydrogen-bond acceptors (Lipinski definition) is 3. The van der Waals surface area contributed by atoms with Gasteiger partial charge in [0.15, 0.2) is 5.75 Å². The third kappa shape index (κ3) is 3.85. The molecular weight excluding hydrogens is 272 g/mol. The molecular formula is C19H26N2O. The first-order valence-electron chi connectivity index (χ1n) is 7.99. The maximum Gasteiger partial charge on any atom is 0.150 e. The number of pyridine rings is 2. The van der Waals surface area contributed by atoms with Crippen LogP contribution in [0.2, 0.25) is 0 Å². The Morgan fingerprint density at radius 1 is 1.18 bits per heavy atom. The van der Waals surface area contributed by atoms with Crippen molar-refractivity contribution in [3.8, 4) is 17.0 Å². The molecule has 0 radical (unpaired) electrons. The molecule has 0 amide bonds. The molecule has 0 aliphatic rings. The van der Waals surface area contributed by atoms with Crippen LogP contribution in [0, 0.1) is 6.92 Å². The third-order valence-corrected chi connectivity index (χ3v) is 3.50. The first-order valence-corrected chi connectivity index (χ1v) is 7.99. The molecule has 0 saturated heterocycles. The van der Waals surface area contributed by atoms with Gasteiger partial charge in [0.1, 0.15) is 0 Å². The highest BCUT2D eigenvalue weighted by Gasteiger charge is 2.25. The van der Waals surface area contributed by atoms with Gasteiger partial charge in [-0.1, -0.05) is 40.2 Å². The molecule has 0 bridgehead atoms. The molecule has 0 aliphatic heterocycles. The van der Waals surface area contributed by atoms with Crippen LogP contribution < -0.4 is 4.74 Å². The van der Waals surface area contributed by atoms with Gasteiger partial charge < -0.3 is 4.74 Å². The highest BCUT2D eigenvalue weighted by atomic mass is 16.5. The molecule has 3 nitrogen and oxygen atoms in total. The summed E-state index contributed by atoms with van der Waals surface area (Å²) in [5.41, 5.74) is 3.90. The summed E-state index contributed by atoms with van der Waals surface area (Å²) in [6, 6.07) is 8.03. The lowest BCUT2D eigenvalue weighted by molar-refractivity contribution is 0.299. The lowest BCUT2D eigenvalue weighted by Gasteiger charge is -2.24. The van der Waals surface area contributed by atoms with Crippen molar-refractivity contribution in [3.63, 3.8) is 0 Å². The molecule has 2 aromatic rings. The minimum Gasteiger partial charge on any atom is -0.491 e. The normalized spacial score (nSPS) is 11.5. The van der Waals surface area contributed by atoms with Crippen LogP contribution in [0.15, 0.2) is 30.5 Å². The van der Waals surface area contributed by atoms with Crippen LogP contribution in [0.1, 0.15) is 51.9 Å². The van der Waals surface area contributed by atoms with Gasteiger partial charge in [-0.2, -0.15) is 0 Å². The van der Waals surface area contributed by atoms with E-state index in [1.54, 1.807) is 0 Å². The van der Waals surface area contributed by atoms with Gasteiger partial charge >= 0.3 is 0 Å². The van der Waals surface area contributed by atoms with Crippen LogP contribution in [-0.4, -0.2) is 16.6 Å². The molecule has 0 atom stereocenters. The molecule has 0 N–H and O–H groups in total. The fraction of sp³-hybridized carbons (Fsp3) is 0.474. The minimum atomic E-state index is -0.0723. The van der Waals surface area contributed by atoms with Gasteiger partial charge in [0.05, 0.1) is 18.0 Å². The van der Waals surface area contributed by atoms with Crippen LogP contribution in [0.4, 0.5) is 0 Å². The molecule has 2 aromatic heterocycles. The summed E-state index contributed by atoms with van der Waals surface area (Å²) in [6.45, 7) is 11.4. The SMILES string of the molecule is CCCCOc1c(-c2ccccn2)cc(C)nc1C(C)(C)C. The molecule has 0 fully saturated rings. The van der Waals surface area contributed by atoms with Crippen molar-refractivity contribution in [3.05, 3.63) is 41.9 Å². The van der Waals surface area contributed by atoms with E-state index in [1.165, 1.54) is 0 Å². The fourth-order valence-electron chi connectivity index (χ4n) is 2.35. The fourth-order valence-corrected chi connectivity index (χ4v) is 2.35. The van der Waals surface area contributed by atoms with E-state index in [9.17, 15) is 0 Å². The lowest BCUT2D eigenvalue weighted by Crippen LogP contribution is -2.17. The standard InChI is InChI=1S/C19H26N2O/c1-6-7-12-22-17-15(16-10-8-9-11-20-16)13-14(2)21-18(17)19(3,4)5/h8-11,13H,6-7,12H2,1-5H3. The Morgan fingerprint density at radius 2 is 1.95 bits per heavy atom. The van der Waals surface area contributed by atoms with Gasteiger partial charge in [-0.25, -0.2) is 0 Å². The van der Waals surface area contributed by atoms with Crippen LogP contribution in [0.5, 0.6) is 5.75 Å². The maximum atomic E-state index is 6.14. The van der Waals surface area contributed by atoms with Crippen molar-refractivity contribution in [1.82, 2.24) is 9.97 Å². The van der Waals surface area contributed by atoms with Crippen molar-refractivity contribution in [2.24, 2.45) is 0 Å². The largest absolute Gasteiger partial charge is 0.491 e. The predicted octanol–water partition coefficient (Wildman–Crippen LogP) is 4.93. The molecule has 2 rings (SSSR count). The average Bonchev–Trinajstić information content (AvgIpc) is 2.48. The van der Waals surface area contributed by atoms with E-state index in [2.05, 4.69) is 38.7 Å². The van der Waals surface area contributed by atoms with Gasteiger partial charge in [0, 0.05) is 22.9 Å². The number of rotatable bonds is 5. The number of ether oxygens (including phenoxy) is 1. The van der Waals surface area contributed by atoms with E-state index in [1.807, 2.05) is 31.3 Å². The van der Waals surface area contributed by atoms with Crippen molar-refractivity contribution in [2.75, 3.05) is 6.61 Å². The van der Waals surface area contributed by atoms with Crippen LogP contribution in [-0.2, 0) is 5.41 Å². The highest BCUT2D eigenvalue weighted by molar-refractivity contribution is 5.69. The summed E-state index contributed by atoms with van der Waals surface area (Å²) in [7, 11) is 0. The molecule has 0 spiro atoms. The molecule has 2 heterocycles. The smallest absolute Gasteiger partial charge is 0.150 e. The van der Waals surface area contributed by atoms with Crippen LogP contribution in [0.25, 0.3) is 11.3 Å². The number of nitrogens with zero attached hydrogens (tertiary/aromatic N) is 2. The monoisotopic (exact) mass is 298 g/mol. The number of aromatic nitrogens is 2. The second kappa shape index (κ2) is 6.91. The van der Waals surface area contributed by atoms with E-state index in [0.29, 0.717) is 6.61 Å². The Hall–Kier alpha value is -1.90. The zero-order valence-electron chi connectivity index (χ0n) is 14.3. The van der Waals surface area contributed by atoms with Crippen LogP contribution in [0.3, 0.4) is 0 Å². The van der Waals surface area contributed by atoms with E-state index in [-0.39, 0.29) is 5.41 Å². The molecule has 3 heteroatoms. The Labute approximate surface area is 133 Å². The van der Waals surface area contributed by atoms with Crippen molar-refractivity contribution >= 4 is 0 Å². The zero-order valence-corrected chi connectivity index (χ0v) is 14.3. The van der Waals surface area contributed by atoms with Crippen molar-refractivity contribution in [2.45, 2.75) is 52.9 Å². The van der Waals surface area contributed by atoms with Gasteiger partial charge in [0.2, 0.25) is 0 Å². The van der Waals surface area contributed by atoms with Crippen molar-refractivity contribution < 1.29 is 4.74 Å². The van der Waals surface area contributed by atoms with Gasteiger partial charge in [-0.05, 0) is 31.5 Å². The van der Waals surface area contributed by atoms with Gasteiger partial charge in [0.25, 0.3) is 0 Å². The van der Waals surface area contributed by atoms with E-state index in [0.717, 1.165) is 41.2 Å². The maximum absolute atomic E-state index is 6.14. The topological polar surface area (TPSA) is 35.0 Å². The Balaban J connectivity index is 2.57. The number of unbranched alkanes of at least 4 members (excludes halogenated alkanes) is 1. The van der Waals surface area contributed by atoms with Gasteiger partial charge in [-0.3, -0.25) is 9.97 Å². The average molecular weight is 298 g/mol. The predicted molar refractivity (Wildman–Crippen MR) is 91.3 cm³/mol. The summed E-state index contributed by atoms with van der Waals surface area (Å²) >= 11 is 0. The second-order valence-electron chi connectivity index (χ2n) is 6.66. The van der Waals surface area contributed by atoms with Gasteiger partial charge in [-0.15, -0.1) is 0 Å². The lowest BCUT2D eigenvalue weighted by atomic mass is 9.89. The summed E-state index contributed by atoms with van der Waals surface area (Å²) in [5, 5.41) is 0. The zero-order chi connectivity index (χ0) is 16.2. The quantitative estimate of drug-likeness (QED) is 0.734. The molecule has 22 heavy (non-hydrogen) atoms. The van der Waals surface area contributed by atoms with E-state index in [4.69, 9.17) is 9.72 Å². The minimum absolute atomic E-state index is 0.0723. The van der Waals surface area contributed by atoms with E-state index >= 15 is 0 Å². The van der Waals surface area contributed by atoms with Crippen molar-refractivity contribution in [1.29, 1.82) is 0 Å². The third-order valence-electron chi connectivity index (χ3n) is 3.50.